The Morgan fingerprint density at radius 2 is 1.87 bits per heavy atom. The van der Waals surface area contributed by atoms with Crippen molar-refractivity contribution in [2.45, 2.75) is 11.3 Å². The molecule has 2 aromatic carbocycles. The van der Waals surface area contributed by atoms with Crippen LogP contribution in [0.5, 0.6) is 11.5 Å². The van der Waals surface area contributed by atoms with Crippen LogP contribution in [-0.4, -0.2) is 32.4 Å². The molecule has 0 aliphatic carbocycles. The van der Waals surface area contributed by atoms with E-state index in [1.165, 1.54) is 4.90 Å². The van der Waals surface area contributed by atoms with Gasteiger partial charge in [-0.05, 0) is 18.2 Å². The van der Waals surface area contributed by atoms with Crippen LogP contribution in [0.25, 0.3) is 0 Å². The summed E-state index contributed by atoms with van der Waals surface area (Å²) in [5.41, 5.74) is 0.849. The summed E-state index contributed by atoms with van der Waals surface area (Å²) in [5, 5.41) is 2.93. The van der Waals surface area contributed by atoms with E-state index in [1.807, 2.05) is 30.3 Å². The molecule has 0 heterocycles. The summed E-state index contributed by atoms with van der Waals surface area (Å²) in [6.07, 6.45) is 0.295. The van der Waals surface area contributed by atoms with Gasteiger partial charge in [0.1, 0.15) is 11.5 Å². The number of carbonyl (C=O) groups excluding carboxylic acids is 1. The highest BCUT2D eigenvalue weighted by atomic mass is 32.2. The quantitative estimate of drug-likeness (QED) is 0.596. The van der Waals surface area contributed by atoms with Gasteiger partial charge in [0, 0.05) is 28.8 Å². The lowest BCUT2D eigenvalue weighted by molar-refractivity contribution is -0.120. The largest absolute Gasteiger partial charge is 0.497 e. The van der Waals surface area contributed by atoms with E-state index in [0.717, 1.165) is 11.3 Å². The van der Waals surface area contributed by atoms with E-state index in [-0.39, 0.29) is 5.91 Å². The molecule has 0 atom stereocenters. The molecule has 0 spiro atoms. The van der Waals surface area contributed by atoms with E-state index in [2.05, 4.69) is 17.4 Å². The maximum atomic E-state index is 12.0. The number of nitrogens with one attached hydrogen (secondary N) is 1. The highest BCUT2D eigenvalue weighted by Crippen LogP contribution is 2.24. The second-order valence-electron chi connectivity index (χ2n) is 4.87. The molecule has 0 radical (unpaired) electrons. The van der Waals surface area contributed by atoms with Gasteiger partial charge in [-0.25, -0.2) is 0 Å². The standard InChI is InChI=1S/C18H21NO3S/c1-21-15-9-8-14(17(13-15)22-2)12-18(20)19-10-11-23-16-6-4-3-5-7-16/h3-9,13H,10-12H2,1-2H3,(H,19,20). The predicted octanol–water partition coefficient (Wildman–Crippen LogP) is 3.15. The Bertz CT molecular complexity index is 631. The van der Waals surface area contributed by atoms with Crippen molar-refractivity contribution < 1.29 is 14.3 Å². The van der Waals surface area contributed by atoms with Crippen LogP contribution in [0.4, 0.5) is 0 Å². The topological polar surface area (TPSA) is 47.6 Å². The zero-order chi connectivity index (χ0) is 16.5. The van der Waals surface area contributed by atoms with Crippen LogP contribution in [0.2, 0.25) is 0 Å². The fourth-order valence-corrected chi connectivity index (χ4v) is 2.90. The Labute approximate surface area is 141 Å². The fourth-order valence-electron chi connectivity index (χ4n) is 2.11. The molecule has 23 heavy (non-hydrogen) atoms. The van der Waals surface area contributed by atoms with Crippen molar-refractivity contribution in [2.24, 2.45) is 0 Å². The number of amides is 1. The molecule has 0 aromatic heterocycles. The van der Waals surface area contributed by atoms with Gasteiger partial charge in [0.25, 0.3) is 0 Å². The Kier molecular flexibility index (Phi) is 6.81. The van der Waals surface area contributed by atoms with E-state index in [9.17, 15) is 4.79 Å². The van der Waals surface area contributed by atoms with Gasteiger partial charge in [-0.15, -0.1) is 11.8 Å². The van der Waals surface area contributed by atoms with Gasteiger partial charge in [-0.3, -0.25) is 4.79 Å². The highest BCUT2D eigenvalue weighted by molar-refractivity contribution is 7.99. The summed E-state index contributed by atoms with van der Waals surface area (Å²) in [7, 11) is 3.19. The monoisotopic (exact) mass is 331 g/mol. The fraction of sp³-hybridized carbons (Fsp3) is 0.278. The van der Waals surface area contributed by atoms with E-state index < -0.39 is 0 Å². The number of ether oxygens (including phenoxy) is 2. The Hall–Kier alpha value is -2.14. The summed E-state index contributed by atoms with van der Waals surface area (Å²) in [5.74, 6) is 2.21. The zero-order valence-electron chi connectivity index (χ0n) is 13.4. The Morgan fingerprint density at radius 1 is 1.09 bits per heavy atom. The van der Waals surface area contributed by atoms with Gasteiger partial charge in [0.05, 0.1) is 20.6 Å². The first-order valence-corrected chi connectivity index (χ1v) is 8.37. The van der Waals surface area contributed by atoms with Gasteiger partial charge in [0.2, 0.25) is 5.91 Å². The number of benzene rings is 2. The second kappa shape index (κ2) is 9.10. The Morgan fingerprint density at radius 3 is 2.57 bits per heavy atom. The smallest absolute Gasteiger partial charge is 0.224 e. The van der Waals surface area contributed by atoms with Crippen molar-refractivity contribution in [2.75, 3.05) is 26.5 Å². The first kappa shape index (κ1) is 17.2. The number of hydrogen-bond donors (Lipinski definition) is 1. The summed E-state index contributed by atoms with van der Waals surface area (Å²) >= 11 is 1.73. The minimum Gasteiger partial charge on any atom is -0.497 e. The van der Waals surface area contributed by atoms with Crippen molar-refractivity contribution in [3.05, 3.63) is 54.1 Å². The minimum absolute atomic E-state index is 0.0119. The van der Waals surface area contributed by atoms with Crippen molar-refractivity contribution in [3.8, 4) is 11.5 Å². The molecule has 2 aromatic rings. The molecule has 1 N–H and O–H groups in total. The molecule has 0 unspecified atom stereocenters. The number of carbonyl (C=O) groups is 1. The lowest BCUT2D eigenvalue weighted by Crippen LogP contribution is -2.27. The number of rotatable bonds is 8. The van der Waals surface area contributed by atoms with Crippen molar-refractivity contribution in [3.63, 3.8) is 0 Å². The highest BCUT2D eigenvalue weighted by Gasteiger charge is 2.09. The van der Waals surface area contributed by atoms with Crippen LogP contribution in [-0.2, 0) is 11.2 Å². The predicted molar refractivity (Wildman–Crippen MR) is 93.4 cm³/mol. The molecule has 0 aliphatic rings. The van der Waals surface area contributed by atoms with Crippen LogP contribution in [0, 0.1) is 0 Å². The molecule has 1 amide bonds. The summed E-state index contributed by atoms with van der Waals surface area (Å²) < 4.78 is 10.5. The first-order chi connectivity index (χ1) is 11.2. The van der Waals surface area contributed by atoms with Crippen molar-refractivity contribution in [1.82, 2.24) is 5.32 Å². The summed E-state index contributed by atoms with van der Waals surface area (Å²) in [6, 6.07) is 15.6. The van der Waals surface area contributed by atoms with Crippen LogP contribution in [0.1, 0.15) is 5.56 Å². The van der Waals surface area contributed by atoms with Gasteiger partial charge < -0.3 is 14.8 Å². The van der Waals surface area contributed by atoms with Gasteiger partial charge in [-0.2, -0.15) is 0 Å². The molecule has 0 aliphatic heterocycles. The number of hydrogen-bond acceptors (Lipinski definition) is 4. The third-order valence-corrected chi connectivity index (χ3v) is 4.30. The molecular formula is C18H21NO3S. The van der Waals surface area contributed by atoms with E-state index in [1.54, 1.807) is 32.0 Å². The molecule has 0 bridgehead atoms. The van der Waals surface area contributed by atoms with Gasteiger partial charge in [-0.1, -0.05) is 24.3 Å². The normalized spacial score (nSPS) is 10.2. The van der Waals surface area contributed by atoms with E-state index >= 15 is 0 Å². The maximum absolute atomic E-state index is 12.0. The lowest BCUT2D eigenvalue weighted by atomic mass is 10.1. The third kappa shape index (κ3) is 5.53. The number of methoxy groups -OCH3 is 2. The molecule has 0 saturated carbocycles. The average molecular weight is 331 g/mol. The maximum Gasteiger partial charge on any atom is 0.224 e. The molecule has 0 fully saturated rings. The van der Waals surface area contributed by atoms with Gasteiger partial charge >= 0.3 is 0 Å². The van der Waals surface area contributed by atoms with Crippen LogP contribution in [0.3, 0.4) is 0 Å². The molecular weight excluding hydrogens is 310 g/mol. The number of thioether (sulfide) groups is 1. The second-order valence-corrected chi connectivity index (χ2v) is 6.03. The SMILES string of the molecule is COc1ccc(CC(=O)NCCSc2ccccc2)c(OC)c1. The summed E-state index contributed by atoms with van der Waals surface area (Å²) in [4.78, 5) is 13.2. The van der Waals surface area contributed by atoms with Crippen molar-refractivity contribution >= 4 is 17.7 Å². The van der Waals surface area contributed by atoms with Crippen molar-refractivity contribution in [1.29, 1.82) is 0 Å². The third-order valence-electron chi connectivity index (χ3n) is 3.28. The average Bonchev–Trinajstić information content (AvgIpc) is 2.60. The lowest BCUT2D eigenvalue weighted by Gasteiger charge is -2.10. The van der Waals surface area contributed by atoms with Gasteiger partial charge in [0.15, 0.2) is 0 Å². The summed E-state index contributed by atoms with van der Waals surface area (Å²) in [6.45, 7) is 0.636. The zero-order valence-corrected chi connectivity index (χ0v) is 14.2. The first-order valence-electron chi connectivity index (χ1n) is 7.38. The Balaban J connectivity index is 1.78. The van der Waals surface area contributed by atoms with Crippen LogP contribution in [0.15, 0.2) is 53.4 Å². The molecule has 122 valence electrons. The molecule has 5 heteroatoms. The van der Waals surface area contributed by atoms with Crippen LogP contribution < -0.4 is 14.8 Å². The molecule has 4 nitrogen and oxygen atoms in total. The molecule has 2 rings (SSSR count). The van der Waals surface area contributed by atoms with E-state index in [4.69, 9.17) is 9.47 Å². The van der Waals surface area contributed by atoms with E-state index in [0.29, 0.717) is 24.5 Å². The minimum atomic E-state index is -0.0119. The van der Waals surface area contributed by atoms with Crippen LogP contribution >= 0.6 is 11.8 Å². The molecule has 0 saturated heterocycles.